The smallest absolute Gasteiger partial charge is 0.343 e. The van der Waals surface area contributed by atoms with E-state index in [4.69, 9.17) is 16.3 Å². The number of benzene rings is 2. The molecule has 1 N–H and O–H groups in total. The molecule has 0 atom stereocenters. The molecule has 0 saturated carbocycles. The number of rotatable bonds is 6. The van der Waals surface area contributed by atoms with Gasteiger partial charge in [0.2, 0.25) is 0 Å². The Morgan fingerprint density at radius 1 is 1.14 bits per heavy atom. The molecule has 0 saturated heterocycles. The molecule has 116 valence electrons. The third-order valence-electron chi connectivity index (χ3n) is 3.39. The van der Waals surface area contributed by atoms with Crippen LogP contribution < -0.4 is 4.74 Å². The molecule has 0 bridgehead atoms. The van der Waals surface area contributed by atoms with Gasteiger partial charge in [-0.25, -0.2) is 4.79 Å². The molecule has 2 aromatic rings. The van der Waals surface area contributed by atoms with Crippen LogP contribution >= 0.6 is 11.6 Å². The molecule has 3 nitrogen and oxygen atoms in total. The van der Waals surface area contributed by atoms with Gasteiger partial charge in [-0.1, -0.05) is 43.5 Å². The fraction of sp³-hybridized carbons (Fsp3) is 0.278. The molecule has 0 amide bonds. The van der Waals surface area contributed by atoms with Crippen LogP contribution in [0.5, 0.6) is 11.5 Å². The largest absolute Gasteiger partial charge is 0.506 e. The van der Waals surface area contributed by atoms with Crippen LogP contribution in [0.2, 0.25) is 5.02 Å². The Bertz CT molecular complexity index is 635. The lowest BCUT2D eigenvalue weighted by molar-refractivity contribution is 0.0734. The van der Waals surface area contributed by atoms with Crippen molar-refractivity contribution < 1.29 is 14.6 Å². The fourth-order valence-electron chi connectivity index (χ4n) is 2.10. The van der Waals surface area contributed by atoms with Crippen LogP contribution in [-0.4, -0.2) is 11.1 Å². The van der Waals surface area contributed by atoms with Crippen molar-refractivity contribution in [1.29, 1.82) is 0 Å². The summed E-state index contributed by atoms with van der Waals surface area (Å²) in [7, 11) is 0. The Labute approximate surface area is 135 Å². The molecule has 2 aromatic carbocycles. The van der Waals surface area contributed by atoms with Gasteiger partial charge in [0.1, 0.15) is 11.5 Å². The maximum absolute atomic E-state index is 12.0. The van der Waals surface area contributed by atoms with E-state index in [2.05, 4.69) is 6.92 Å². The maximum atomic E-state index is 12.0. The Balaban J connectivity index is 1.97. The van der Waals surface area contributed by atoms with Crippen LogP contribution in [0.25, 0.3) is 0 Å². The average Bonchev–Trinajstić information content (AvgIpc) is 2.52. The highest BCUT2D eigenvalue weighted by atomic mass is 35.5. The third-order valence-corrected chi connectivity index (χ3v) is 3.69. The van der Waals surface area contributed by atoms with E-state index in [1.807, 2.05) is 12.1 Å². The van der Waals surface area contributed by atoms with E-state index in [1.165, 1.54) is 43.0 Å². The van der Waals surface area contributed by atoms with Crippen molar-refractivity contribution in [3.63, 3.8) is 0 Å². The first-order valence-corrected chi connectivity index (χ1v) is 7.77. The van der Waals surface area contributed by atoms with Crippen LogP contribution in [-0.2, 0) is 6.42 Å². The highest BCUT2D eigenvalue weighted by Crippen LogP contribution is 2.24. The fourth-order valence-corrected chi connectivity index (χ4v) is 2.28. The Morgan fingerprint density at radius 2 is 1.86 bits per heavy atom. The summed E-state index contributed by atoms with van der Waals surface area (Å²) in [6.07, 6.45) is 4.63. The van der Waals surface area contributed by atoms with Crippen molar-refractivity contribution in [2.75, 3.05) is 0 Å². The lowest BCUT2D eigenvalue weighted by Crippen LogP contribution is -2.08. The summed E-state index contributed by atoms with van der Waals surface area (Å²) in [5, 5.41) is 9.48. The summed E-state index contributed by atoms with van der Waals surface area (Å²) >= 11 is 5.78. The molecule has 0 unspecified atom stereocenters. The van der Waals surface area contributed by atoms with Gasteiger partial charge in [-0.3, -0.25) is 0 Å². The molecule has 2 rings (SSSR count). The van der Waals surface area contributed by atoms with Crippen molar-refractivity contribution >= 4 is 17.6 Å². The van der Waals surface area contributed by atoms with Crippen LogP contribution in [0.3, 0.4) is 0 Å². The van der Waals surface area contributed by atoms with E-state index < -0.39 is 5.97 Å². The second-order valence-electron chi connectivity index (χ2n) is 5.16. The Kier molecular flexibility index (Phi) is 5.84. The van der Waals surface area contributed by atoms with Gasteiger partial charge in [0.25, 0.3) is 0 Å². The SMILES string of the molecule is CCCCCc1ccc(OC(=O)c2ccc(O)c(Cl)c2)cc1. The zero-order valence-electron chi connectivity index (χ0n) is 12.5. The molecule has 0 aliphatic carbocycles. The van der Waals surface area contributed by atoms with E-state index in [0.717, 1.165) is 6.42 Å². The number of phenols is 1. The number of phenolic OH excluding ortho intramolecular Hbond substituents is 1. The lowest BCUT2D eigenvalue weighted by atomic mass is 10.1. The number of aryl methyl sites for hydroxylation is 1. The van der Waals surface area contributed by atoms with Crippen molar-refractivity contribution in [2.45, 2.75) is 32.6 Å². The van der Waals surface area contributed by atoms with Crippen LogP contribution in [0.4, 0.5) is 0 Å². The van der Waals surface area contributed by atoms with Crippen LogP contribution in [0, 0.1) is 0 Å². The van der Waals surface area contributed by atoms with Gasteiger partial charge in [-0.2, -0.15) is 0 Å². The minimum absolute atomic E-state index is 0.0605. The van der Waals surface area contributed by atoms with E-state index >= 15 is 0 Å². The molecule has 0 aliphatic rings. The second-order valence-corrected chi connectivity index (χ2v) is 5.56. The number of hydrogen-bond acceptors (Lipinski definition) is 3. The quantitative estimate of drug-likeness (QED) is 0.463. The van der Waals surface area contributed by atoms with Gasteiger partial charge in [0.05, 0.1) is 10.6 Å². The van der Waals surface area contributed by atoms with E-state index in [1.54, 1.807) is 12.1 Å². The molecule has 0 spiro atoms. The third kappa shape index (κ3) is 4.50. The highest BCUT2D eigenvalue weighted by molar-refractivity contribution is 6.32. The van der Waals surface area contributed by atoms with Crippen LogP contribution in [0.15, 0.2) is 42.5 Å². The normalized spacial score (nSPS) is 10.5. The Hall–Kier alpha value is -2.00. The number of hydrogen-bond donors (Lipinski definition) is 1. The Morgan fingerprint density at radius 3 is 2.50 bits per heavy atom. The number of ether oxygens (including phenoxy) is 1. The lowest BCUT2D eigenvalue weighted by Gasteiger charge is -2.06. The maximum Gasteiger partial charge on any atom is 0.343 e. The first kappa shape index (κ1) is 16.4. The standard InChI is InChI=1S/C18H19ClO3/c1-2-3-4-5-13-6-9-15(10-7-13)22-18(21)14-8-11-17(20)16(19)12-14/h6-12,20H,2-5H2,1H3. The summed E-state index contributed by atoms with van der Waals surface area (Å²) in [4.78, 5) is 12.0. The number of carbonyl (C=O) groups excluding carboxylic acids is 1. The second kappa shape index (κ2) is 7.85. The molecule has 4 heteroatoms. The summed E-state index contributed by atoms with van der Waals surface area (Å²) < 4.78 is 5.30. The molecular formula is C18H19ClO3. The first-order chi connectivity index (χ1) is 10.6. The number of aromatic hydroxyl groups is 1. The molecular weight excluding hydrogens is 300 g/mol. The predicted molar refractivity (Wildman–Crippen MR) is 87.7 cm³/mol. The van der Waals surface area contributed by atoms with E-state index in [9.17, 15) is 9.90 Å². The number of unbranched alkanes of at least 4 members (excludes halogenated alkanes) is 2. The predicted octanol–water partition coefficient (Wildman–Crippen LogP) is 5.00. The summed E-state index contributed by atoms with van der Waals surface area (Å²) in [6.45, 7) is 2.18. The first-order valence-electron chi connectivity index (χ1n) is 7.40. The molecule has 22 heavy (non-hydrogen) atoms. The summed E-state index contributed by atoms with van der Waals surface area (Å²) in [5.41, 5.74) is 1.54. The highest BCUT2D eigenvalue weighted by Gasteiger charge is 2.11. The van der Waals surface area contributed by atoms with Crippen molar-refractivity contribution in [3.05, 3.63) is 58.6 Å². The van der Waals surface area contributed by atoms with Gasteiger partial charge in [-0.15, -0.1) is 0 Å². The number of halogens is 1. The van der Waals surface area contributed by atoms with Gasteiger partial charge >= 0.3 is 5.97 Å². The van der Waals surface area contributed by atoms with E-state index in [0.29, 0.717) is 11.3 Å². The topological polar surface area (TPSA) is 46.5 Å². The minimum Gasteiger partial charge on any atom is -0.506 e. The van der Waals surface area contributed by atoms with Crippen LogP contribution in [0.1, 0.15) is 42.1 Å². The summed E-state index contributed by atoms with van der Waals surface area (Å²) in [5.74, 6) is -0.0660. The zero-order valence-corrected chi connectivity index (χ0v) is 13.3. The van der Waals surface area contributed by atoms with Gasteiger partial charge in [-0.05, 0) is 48.7 Å². The summed E-state index contributed by atoms with van der Waals surface area (Å²) in [6, 6.07) is 11.8. The number of carbonyl (C=O) groups is 1. The van der Waals surface area contributed by atoms with Gasteiger partial charge < -0.3 is 9.84 Å². The molecule has 0 radical (unpaired) electrons. The van der Waals surface area contributed by atoms with Gasteiger partial charge in [0, 0.05) is 0 Å². The monoisotopic (exact) mass is 318 g/mol. The van der Waals surface area contributed by atoms with Crippen molar-refractivity contribution in [1.82, 2.24) is 0 Å². The molecule has 0 fully saturated rings. The van der Waals surface area contributed by atoms with Gasteiger partial charge in [0.15, 0.2) is 0 Å². The molecule has 0 heterocycles. The van der Waals surface area contributed by atoms with Crippen molar-refractivity contribution in [2.24, 2.45) is 0 Å². The van der Waals surface area contributed by atoms with E-state index in [-0.39, 0.29) is 10.8 Å². The zero-order chi connectivity index (χ0) is 15.9. The molecule has 0 aromatic heterocycles. The average molecular weight is 319 g/mol. The molecule has 0 aliphatic heterocycles. The minimum atomic E-state index is -0.499. The van der Waals surface area contributed by atoms with Crippen molar-refractivity contribution in [3.8, 4) is 11.5 Å². The number of esters is 1.